The lowest BCUT2D eigenvalue weighted by molar-refractivity contribution is 0.303. The van der Waals surface area contributed by atoms with E-state index in [0.29, 0.717) is 17.7 Å². The van der Waals surface area contributed by atoms with Crippen LogP contribution >= 0.6 is 0 Å². The fraction of sp³-hybridized carbons (Fsp3) is 0.250. The molecule has 3 heteroatoms. The second kappa shape index (κ2) is 5.84. The lowest BCUT2D eigenvalue weighted by Gasteiger charge is -2.03. The van der Waals surface area contributed by atoms with Crippen LogP contribution < -0.4 is 4.74 Å². The summed E-state index contributed by atoms with van der Waals surface area (Å²) in [6.07, 6.45) is 4.39. The van der Waals surface area contributed by atoms with Gasteiger partial charge in [0.05, 0.1) is 12.7 Å². The Kier molecular flexibility index (Phi) is 4.39. The van der Waals surface area contributed by atoms with Gasteiger partial charge in [-0.15, -0.1) is 0 Å². The summed E-state index contributed by atoms with van der Waals surface area (Å²) in [6.45, 7) is 0.143. The van der Waals surface area contributed by atoms with Crippen LogP contribution in [0.4, 0.5) is 0 Å². The van der Waals surface area contributed by atoms with Crippen LogP contribution in [0.25, 0.3) is 6.08 Å². The summed E-state index contributed by atoms with van der Waals surface area (Å²) in [5.74, 6) is 0.573. The molecule has 0 aliphatic carbocycles. The molecule has 0 amide bonds. The molecular weight excluding hydrogens is 190 g/mol. The second-order valence-corrected chi connectivity index (χ2v) is 2.99. The number of aliphatic hydroxyl groups is 1. The maximum Gasteiger partial charge on any atom is 0.137 e. The predicted molar refractivity (Wildman–Crippen MR) is 58.4 cm³/mol. The number of nitriles is 1. The Morgan fingerprint density at radius 1 is 1.53 bits per heavy atom. The SMILES string of the molecule is COc1cc(C=CCCO)ccc1C#N. The molecule has 1 aromatic rings. The van der Waals surface area contributed by atoms with E-state index in [4.69, 9.17) is 15.1 Å². The minimum atomic E-state index is 0.143. The van der Waals surface area contributed by atoms with Gasteiger partial charge in [0.1, 0.15) is 11.8 Å². The average molecular weight is 203 g/mol. The minimum absolute atomic E-state index is 0.143. The van der Waals surface area contributed by atoms with Crippen molar-refractivity contribution >= 4 is 6.08 Å². The van der Waals surface area contributed by atoms with Gasteiger partial charge in [-0.05, 0) is 24.1 Å². The molecule has 0 fully saturated rings. The molecule has 0 heterocycles. The van der Waals surface area contributed by atoms with Crippen LogP contribution in [0.15, 0.2) is 24.3 Å². The third kappa shape index (κ3) is 3.12. The Hall–Kier alpha value is -1.79. The Balaban J connectivity index is 2.89. The zero-order chi connectivity index (χ0) is 11.1. The van der Waals surface area contributed by atoms with Crippen LogP contribution in [0.1, 0.15) is 17.5 Å². The lowest BCUT2D eigenvalue weighted by Crippen LogP contribution is -1.88. The number of ether oxygens (including phenoxy) is 1. The van der Waals surface area contributed by atoms with Crippen molar-refractivity contribution in [3.8, 4) is 11.8 Å². The molecule has 0 aromatic heterocycles. The highest BCUT2D eigenvalue weighted by Gasteiger charge is 2.01. The Morgan fingerprint density at radius 2 is 2.33 bits per heavy atom. The highest BCUT2D eigenvalue weighted by Crippen LogP contribution is 2.19. The van der Waals surface area contributed by atoms with Gasteiger partial charge in [-0.3, -0.25) is 0 Å². The molecule has 1 aromatic carbocycles. The first-order valence-electron chi connectivity index (χ1n) is 4.67. The number of aliphatic hydroxyl groups excluding tert-OH is 1. The van der Waals surface area contributed by atoms with Gasteiger partial charge in [0, 0.05) is 6.61 Å². The van der Waals surface area contributed by atoms with E-state index >= 15 is 0 Å². The Labute approximate surface area is 89.2 Å². The molecule has 0 atom stereocenters. The highest BCUT2D eigenvalue weighted by molar-refractivity contribution is 5.56. The van der Waals surface area contributed by atoms with Crippen molar-refractivity contribution in [1.82, 2.24) is 0 Å². The number of rotatable bonds is 4. The molecule has 0 saturated heterocycles. The standard InChI is InChI=1S/C12H13NO2/c1-15-12-8-10(4-2-3-7-14)5-6-11(12)9-13/h2,4-6,8,14H,3,7H2,1H3. The predicted octanol–water partition coefficient (Wildman–Crippen LogP) is 1.96. The van der Waals surface area contributed by atoms with Crippen LogP contribution in [-0.2, 0) is 0 Å². The van der Waals surface area contributed by atoms with E-state index in [1.807, 2.05) is 18.2 Å². The van der Waals surface area contributed by atoms with Gasteiger partial charge in [-0.25, -0.2) is 0 Å². The normalized spacial score (nSPS) is 10.2. The van der Waals surface area contributed by atoms with Crippen molar-refractivity contribution in [2.24, 2.45) is 0 Å². The fourth-order valence-electron chi connectivity index (χ4n) is 1.20. The number of nitrogens with zero attached hydrogens (tertiary/aromatic N) is 1. The van der Waals surface area contributed by atoms with Crippen LogP contribution in [0.3, 0.4) is 0 Å². The van der Waals surface area contributed by atoms with Crippen molar-refractivity contribution in [1.29, 1.82) is 5.26 Å². The van der Waals surface area contributed by atoms with E-state index in [9.17, 15) is 0 Å². The van der Waals surface area contributed by atoms with Crippen molar-refractivity contribution < 1.29 is 9.84 Å². The molecule has 15 heavy (non-hydrogen) atoms. The van der Waals surface area contributed by atoms with Gasteiger partial charge in [0.15, 0.2) is 0 Å². The molecule has 0 unspecified atom stereocenters. The number of hydrogen-bond acceptors (Lipinski definition) is 3. The van der Waals surface area contributed by atoms with Gasteiger partial charge in [-0.2, -0.15) is 5.26 Å². The van der Waals surface area contributed by atoms with Gasteiger partial charge in [0.25, 0.3) is 0 Å². The zero-order valence-corrected chi connectivity index (χ0v) is 8.60. The first-order valence-corrected chi connectivity index (χ1v) is 4.67. The maximum absolute atomic E-state index is 8.77. The van der Waals surface area contributed by atoms with Crippen molar-refractivity contribution in [3.05, 3.63) is 35.4 Å². The van der Waals surface area contributed by atoms with E-state index in [1.165, 1.54) is 7.11 Å². The zero-order valence-electron chi connectivity index (χ0n) is 8.60. The van der Waals surface area contributed by atoms with Gasteiger partial charge in [0.2, 0.25) is 0 Å². The Morgan fingerprint density at radius 3 is 2.93 bits per heavy atom. The summed E-state index contributed by atoms with van der Waals surface area (Å²) in [6, 6.07) is 7.41. The highest BCUT2D eigenvalue weighted by atomic mass is 16.5. The van der Waals surface area contributed by atoms with E-state index in [0.717, 1.165) is 5.56 Å². The van der Waals surface area contributed by atoms with Crippen molar-refractivity contribution in [2.75, 3.05) is 13.7 Å². The largest absolute Gasteiger partial charge is 0.495 e. The lowest BCUT2D eigenvalue weighted by atomic mass is 10.1. The monoisotopic (exact) mass is 203 g/mol. The van der Waals surface area contributed by atoms with E-state index in [1.54, 1.807) is 12.1 Å². The molecule has 0 aliphatic heterocycles. The molecule has 0 aliphatic rings. The van der Waals surface area contributed by atoms with Gasteiger partial charge < -0.3 is 9.84 Å². The molecule has 0 bridgehead atoms. The molecule has 1 N–H and O–H groups in total. The van der Waals surface area contributed by atoms with Crippen molar-refractivity contribution in [2.45, 2.75) is 6.42 Å². The summed E-state index contributed by atoms with van der Waals surface area (Å²) < 4.78 is 5.08. The Bertz CT molecular complexity index is 391. The molecule has 0 radical (unpaired) electrons. The molecule has 0 saturated carbocycles. The van der Waals surface area contributed by atoms with E-state index < -0.39 is 0 Å². The first-order chi connectivity index (χ1) is 7.31. The van der Waals surface area contributed by atoms with Crippen LogP contribution in [-0.4, -0.2) is 18.8 Å². The molecule has 3 nitrogen and oxygen atoms in total. The summed E-state index contributed by atoms with van der Waals surface area (Å²) >= 11 is 0. The third-order valence-electron chi connectivity index (χ3n) is 1.95. The van der Waals surface area contributed by atoms with Gasteiger partial charge in [-0.1, -0.05) is 18.2 Å². The van der Waals surface area contributed by atoms with Crippen molar-refractivity contribution in [3.63, 3.8) is 0 Å². The summed E-state index contributed by atoms with van der Waals surface area (Å²) in [4.78, 5) is 0. The molecule has 1 rings (SSSR count). The average Bonchev–Trinajstić information content (AvgIpc) is 2.29. The quantitative estimate of drug-likeness (QED) is 0.813. The topological polar surface area (TPSA) is 53.2 Å². The summed E-state index contributed by atoms with van der Waals surface area (Å²) in [5, 5.41) is 17.4. The van der Waals surface area contributed by atoms with Gasteiger partial charge >= 0.3 is 0 Å². The van der Waals surface area contributed by atoms with E-state index in [-0.39, 0.29) is 6.61 Å². The summed E-state index contributed by atoms with van der Waals surface area (Å²) in [7, 11) is 1.54. The molecule has 78 valence electrons. The fourth-order valence-corrected chi connectivity index (χ4v) is 1.20. The maximum atomic E-state index is 8.77. The van der Waals surface area contributed by atoms with Crippen LogP contribution in [0.2, 0.25) is 0 Å². The minimum Gasteiger partial charge on any atom is -0.495 e. The van der Waals surface area contributed by atoms with Crippen LogP contribution in [0, 0.1) is 11.3 Å². The third-order valence-corrected chi connectivity index (χ3v) is 1.95. The molecular formula is C12H13NO2. The first kappa shape index (κ1) is 11.3. The molecule has 0 spiro atoms. The number of benzene rings is 1. The van der Waals surface area contributed by atoms with E-state index in [2.05, 4.69) is 6.07 Å². The second-order valence-electron chi connectivity index (χ2n) is 2.99. The smallest absolute Gasteiger partial charge is 0.137 e. The number of hydrogen-bond donors (Lipinski definition) is 1. The summed E-state index contributed by atoms with van der Waals surface area (Å²) in [5.41, 5.74) is 1.48. The van der Waals surface area contributed by atoms with Crippen LogP contribution in [0.5, 0.6) is 5.75 Å². The number of methoxy groups -OCH3 is 1.